The van der Waals surface area contributed by atoms with E-state index in [-0.39, 0.29) is 24.1 Å². The van der Waals surface area contributed by atoms with Crippen molar-refractivity contribution >= 4 is 17.3 Å². The molecule has 1 amide bonds. The van der Waals surface area contributed by atoms with Crippen LogP contribution >= 0.6 is 0 Å². The van der Waals surface area contributed by atoms with Crippen LogP contribution in [-0.4, -0.2) is 39.1 Å². The molecule has 2 N–H and O–H groups in total. The SMILES string of the molecule is CC(C)c1ccc(N[C@H]2CCCN(c3ccc(OCc4nn[nH]n4)cc3)C2=O)c(C(F)(F)F)c1. The van der Waals surface area contributed by atoms with E-state index in [0.29, 0.717) is 42.2 Å². The summed E-state index contributed by atoms with van der Waals surface area (Å²) in [7, 11) is 0. The van der Waals surface area contributed by atoms with Crippen molar-refractivity contribution in [2.75, 3.05) is 16.8 Å². The molecule has 4 rings (SSSR count). The first-order chi connectivity index (χ1) is 16.2. The largest absolute Gasteiger partial charge is 0.485 e. The molecular formula is C23H25F3N6O2. The molecule has 1 atom stereocenters. The van der Waals surface area contributed by atoms with Gasteiger partial charge in [-0.2, -0.15) is 18.4 Å². The molecule has 8 nitrogen and oxygen atoms in total. The minimum atomic E-state index is -4.53. The monoisotopic (exact) mass is 474 g/mol. The number of ether oxygens (including phenoxy) is 1. The number of nitrogens with one attached hydrogen (secondary N) is 2. The molecule has 1 aliphatic rings. The van der Waals surface area contributed by atoms with Crippen LogP contribution in [0.2, 0.25) is 0 Å². The second-order valence-electron chi connectivity index (χ2n) is 8.40. The highest BCUT2D eigenvalue weighted by Crippen LogP contribution is 2.37. The number of halogens is 3. The molecule has 1 aliphatic heterocycles. The van der Waals surface area contributed by atoms with Crippen LogP contribution in [0.25, 0.3) is 0 Å². The number of tetrazole rings is 1. The first-order valence-electron chi connectivity index (χ1n) is 11.0. The third kappa shape index (κ3) is 5.29. The van der Waals surface area contributed by atoms with E-state index in [4.69, 9.17) is 4.74 Å². The van der Waals surface area contributed by atoms with Gasteiger partial charge in [0.25, 0.3) is 0 Å². The van der Waals surface area contributed by atoms with E-state index in [9.17, 15) is 18.0 Å². The molecule has 2 heterocycles. The van der Waals surface area contributed by atoms with E-state index >= 15 is 0 Å². The van der Waals surface area contributed by atoms with Crippen LogP contribution in [0.5, 0.6) is 5.75 Å². The van der Waals surface area contributed by atoms with Crippen molar-refractivity contribution in [2.24, 2.45) is 0 Å². The summed E-state index contributed by atoms with van der Waals surface area (Å²) in [6.07, 6.45) is -3.42. The van der Waals surface area contributed by atoms with Crippen molar-refractivity contribution in [3.63, 3.8) is 0 Å². The van der Waals surface area contributed by atoms with Gasteiger partial charge in [0.2, 0.25) is 11.7 Å². The maximum absolute atomic E-state index is 13.7. The average molecular weight is 474 g/mol. The fourth-order valence-corrected chi connectivity index (χ4v) is 3.85. The number of nitrogens with zero attached hydrogens (tertiary/aromatic N) is 4. The molecular weight excluding hydrogens is 449 g/mol. The highest BCUT2D eigenvalue weighted by Gasteiger charge is 2.36. The fourth-order valence-electron chi connectivity index (χ4n) is 3.85. The Morgan fingerprint density at radius 3 is 2.62 bits per heavy atom. The first-order valence-corrected chi connectivity index (χ1v) is 11.0. The zero-order chi connectivity index (χ0) is 24.3. The lowest BCUT2D eigenvalue weighted by molar-refractivity contribution is -0.137. The summed E-state index contributed by atoms with van der Waals surface area (Å²) >= 11 is 0. The van der Waals surface area contributed by atoms with Crippen LogP contribution in [0.4, 0.5) is 24.5 Å². The van der Waals surface area contributed by atoms with Gasteiger partial charge in [-0.15, -0.1) is 10.2 Å². The van der Waals surface area contributed by atoms with E-state index in [1.807, 2.05) is 13.8 Å². The fraction of sp³-hybridized carbons (Fsp3) is 0.391. The molecule has 1 aromatic heterocycles. The lowest BCUT2D eigenvalue weighted by atomic mass is 9.98. The Bertz CT molecular complexity index is 1120. The number of hydrogen-bond acceptors (Lipinski definition) is 6. The van der Waals surface area contributed by atoms with Crippen molar-refractivity contribution in [3.05, 3.63) is 59.4 Å². The molecule has 0 radical (unpaired) electrons. The van der Waals surface area contributed by atoms with Gasteiger partial charge in [-0.05, 0) is 60.7 Å². The Hall–Kier alpha value is -3.63. The van der Waals surface area contributed by atoms with Gasteiger partial charge < -0.3 is 15.0 Å². The van der Waals surface area contributed by atoms with E-state index in [1.54, 1.807) is 35.2 Å². The third-order valence-corrected chi connectivity index (χ3v) is 5.69. The van der Waals surface area contributed by atoms with Gasteiger partial charge >= 0.3 is 6.18 Å². The number of aromatic nitrogens is 4. The lowest BCUT2D eigenvalue weighted by Gasteiger charge is -2.33. The predicted octanol–water partition coefficient (Wildman–Crippen LogP) is 4.53. The molecule has 0 spiro atoms. The number of aromatic amines is 1. The van der Waals surface area contributed by atoms with Crippen LogP contribution in [-0.2, 0) is 17.6 Å². The maximum atomic E-state index is 13.7. The number of alkyl halides is 3. The van der Waals surface area contributed by atoms with E-state index in [2.05, 4.69) is 25.9 Å². The summed E-state index contributed by atoms with van der Waals surface area (Å²) in [4.78, 5) is 14.7. The first kappa shape index (κ1) is 23.5. The van der Waals surface area contributed by atoms with Crippen molar-refractivity contribution in [1.82, 2.24) is 20.6 Å². The van der Waals surface area contributed by atoms with Crippen molar-refractivity contribution in [1.29, 1.82) is 0 Å². The molecule has 180 valence electrons. The molecule has 0 unspecified atom stereocenters. The second-order valence-corrected chi connectivity index (χ2v) is 8.40. The normalized spacial score (nSPS) is 16.7. The Balaban J connectivity index is 1.47. The van der Waals surface area contributed by atoms with Crippen LogP contribution < -0.4 is 15.0 Å². The Morgan fingerprint density at radius 1 is 1.21 bits per heavy atom. The van der Waals surface area contributed by atoms with Crippen molar-refractivity contribution < 1.29 is 22.7 Å². The van der Waals surface area contributed by atoms with Gasteiger partial charge in [-0.25, -0.2) is 0 Å². The van der Waals surface area contributed by atoms with Crippen LogP contribution in [0.1, 0.15) is 49.6 Å². The predicted molar refractivity (Wildman–Crippen MR) is 119 cm³/mol. The summed E-state index contributed by atoms with van der Waals surface area (Å²) in [6.45, 7) is 4.31. The Kier molecular flexibility index (Phi) is 6.71. The third-order valence-electron chi connectivity index (χ3n) is 5.69. The smallest absolute Gasteiger partial charge is 0.418 e. The molecule has 1 saturated heterocycles. The van der Waals surface area contributed by atoms with Gasteiger partial charge in [-0.3, -0.25) is 4.79 Å². The molecule has 0 aliphatic carbocycles. The molecule has 34 heavy (non-hydrogen) atoms. The second kappa shape index (κ2) is 9.70. The summed E-state index contributed by atoms with van der Waals surface area (Å²) in [6, 6.07) is 10.4. The number of carbonyl (C=O) groups is 1. The molecule has 3 aromatic rings. The summed E-state index contributed by atoms with van der Waals surface area (Å²) in [5, 5.41) is 16.3. The van der Waals surface area contributed by atoms with Gasteiger partial charge in [0.1, 0.15) is 11.8 Å². The summed E-state index contributed by atoms with van der Waals surface area (Å²) in [5.41, 5.74) is 0.403. The minimum absolute atomic E-state index is 0.0406. The lowest BCUT2D eigenvalue weighted by Crippen LogP contribution is -2.48. The average Bonchev–Trinajstić information content (AvgIpc) is 3.33. The zero-order valence-electron chi connectivity index (χ0n) is 18.8. The molecule has 11 heteroatoms. The minimum Gasteiger partial charge on any atom is -0.485 e. The van der Waals surface area contributed by atoms with Crippen LogP contribution in [0, 0.1) is 0 Å². The van der Waals surface area contributed by atoms with Crippen LogP contribution in [0.15, 0.2) is 42.5 Å². The number of rotatable bonds is 7. The molecule has 0 bridgehead atoms. The van der Waals surface area contributed by atoms with Crippen molar-refractivity contribution in [2.45, 2.75) is 51.4 Å². The quantitative estimate of drug-likeness (QED) is 0.523. The van der Waals surface area contributed by atoms with Gasteiger partial charge in [0, 0.05) is 17.9 Å². The highest BCUT2D eigenvalue weighted by atomic mass is 19.4. The van der Waals surface area contributed by atoms with E-state index in [0.717, 1.165) is 6.07 Å². The van der Waals surface area contributed by atoms with Gasteiger partial charge in [0.05, 0.1) is 5.56 Å². The number of piperidine rings is 1. The van der Waals surface area contributed by atoms with Gasteiger partial charge in [-0.1, -0.05) is 25.1 Å². The van der Waals surface area contributed by atoms with Gasteiger partial charge in [0.15, 0.2) is 6.61 Å². The Labute approximate surface area is 194 Å². The number of H-pyrrole nitrogens is 1. The highest BCUT2D eigenvalue weighted by molar-refractivity contribution is 5.99. The van der Waals surface area contributed by atoms with Crippen molar-refractivity contribution in [3.8, 4) is 5.75 Å². The van der Waals surface area contributed by atoms with Crippen LogP contribution in [0.3, 0.4) is 0 Å². The maximum Gasteiger partial charge on any atom is 0.418 e. The summed E-state index contributed by atoms with van der Waals surface area (Å²) in [5.74, 6) is 0.658. The zero-order valence-corrected chi connectivity index (χ0v) is 18.8. The van der Waals surface area contributed by atoms with E-state index in [1.165, 1.54) is 6.07 Å². The summed E-state index contributed by atoms with van der Waals surface area (Å²) < 4.78 is 46.7. The van der Waals surface area contributed by atoms with E-state index < -0.39 is 17.8 Å². The molecule has 2 aromatic carbocycles. The number of anilines is 2. The molecule has 0 saturated carbocycles. The number of amides is 1. The molecule has 1 fully saturated rings. The Morgan fingerprint density at radius 2 is 1.97 bits per heavy atom. The number of benzene rings is 2. The topological polar surface area (TPSA) is 96.0 Å². The number of hydrogen-bond donors (Lipinski definition) is 2. The standard InChI is InChI=1S/C23H25F3N6O2/c1-14(2)15-5-10-19(18(12-15)23(24,25)26)27-20-4-3-11-32(22(20)33)16-6-8-17(9-7-16)34-13-21-28-30-31-29-21/h5-10,12,14,20,27H,3-4,11,13H2,1-2H3,(H,28,29,30,31)/t20-/m0/s1. The number of carbonyl (C=O) groups excluding carboxylic acids is 1.